The maximum absolute atomic E-state index is 9.51. The molecule has 90 valence electrons. The summed E-state index contributed by atoms with van der Waals surface area (Å²) in [7, 11) is 0. The summed E-state index contributed by atoms with van der Waals surface area (Å²) in [4.78, 5) is 0. The van der Waals surface area contributed by atoms with E-state index in [1.165, 1.54) is 22.3 Å². The summed E-state index contributed by atoms with van der Waals surface area (Å²) >= 11 is 0. The molecule has 1 aliphatic rings. The summed E-state index contributed by atoms with van der Waals surface area (Å²) in [5, 5.41) is 12.8. The van der Waals surface area contributed by atoms with Gasteiger partial charge in [0.1, 0.15) is 5.76 Å². The van der Waals surface area contributed by atoms with Gasteiger partial charge in [-0.05, 0) is 35.1 Å². The Hall–Kier alpha value is -1.54. The van der Waals surface area contributed by atoms with Crippen LogP contribution < -0.4 is 5.32 Å². The average Bonchev–Trinajstić information content (AvgIpc) is 2.36. The normalized spacial score (nSPS) is 18.5. The highest BCUT2D eigenvalue weighted by Crippen LogP contribution is 2.26. The SMILES string of the molecule is C=Cc1c(CC)ccc2c1CC(C(=C)O)NC2. The molecule has 0 aromatic heterocycles. The van der Waals surface area contributed by atoms with Crippen LogP contribution in [0.3, 0.4) is 0 Å². The van der Waals surface area contributed by atoms with E-state index in [1.54, 1.807) is 0 Å². The van der Waals surface area contributed by atoms with Crippen LogP contribution in [0.1, 0.15) is 29.2 Å². The number of hydrogen-bond acceptors (Lipinski definition) is 2. The molecule has 0 fully saturated rings. The highest BCUT2D eigenvalue weighted by Gasteiger charge is 2.22. The third-order valence-electron chi connectivity index (χ3n) is 3.48. The van der Waals surface area contributed by atoms with Crippen LogP contribution >= 0.6 is 0 Å². The number of rotatable bonds is 3. The van der Waals surface area contributed by atoms with Gasteiger partial charge in [-0.1, -0.05) is 38.3 Å². The van der Waals surface area contributed by atoms with Gasteiger partial charge >= 0.3 is 0 Å². The van der Waals surface area contributed by atoms with E-state index < -0.39 is 0 Å². The molecular weight excluding hydrogens is 210 g/mol. The molecule has 0 radical (unpaired) electrons. The van der Waals surface area contributed by atoms with Crippen LogP contribution in [0.5, 0.6) is 0 Å². The van der Waals surface area contributed by atoms with Crippen molar-refractivity contribution >= 4 is 6.08 Å². The van der Waals surface area contributed by atoms with Gasteiger partial charge in [0.05, 0.1) is 6.04 Å². The summed E-state index contributed by atoms with van der Waals surface area (Å²) in [5.74, 6) is 0.215. The molecule has 1 aliphatic heterocycles. The van der Waals surface area contributed by atoms with E-state index in [2.05, 4.69) is 37.5 Å². The van der Waals surface area contributed by atoms with E-state index in [0.29, 0.717) is 0 Å². The lowest BCUT2D eigenvalue weighted by molar-refractivity contribution is 0.332. The van der Waals surface area contributed by atoms with Crippen molar-refractivity contribution in [2.24, 2.45) is 0 Å². The molecule has 0 saturated carbocycles. The van der Waals surface area contributed by atoms with Crippen LogP contribution in [-0.2, 0) is 19.4 Å². The molecule has 17 heavy (non-hydrogen) atoms. The largest absolute Gasteiger partial charge is 0.511 e. The fourth-order valence-corrected chi connectivity index (χ4v) is 2.47. The maximum atomic E-state index is 9.51. The highest BCUT2D eigenvalue weighted by molar-refractivity contribution is 5.60. The minimum Gasteiger partial charge on any atom is -0.511 e. The van der Waals surface area contributed by atoms with Gasteiger partial charge in [0.15, 0.2) is 0 Å². The van der Waals surface area contributed by atoms with Crippen LogP contribution in [-0.4, -0.2) is 11.1 Å². The first-order valence-electron chi connectivity index (χ1n) is 6.04. The van der Waals surface area contributed by atoms with Crippen molar-refractivity contribution in [3.8, 4) is 0 Å². The molecule has 1 heterocycles. The van der Waals surface area contributed by atoms with Gasteiger partial charge < -0.3 is 10.4 Å². The second kappa shape index (κ2) is 4.76. The Morgan fingerprint density at radius 3 is 2.94 bits per heavy atom. The zero-order valence-electron chi connectivity index (χ0n) is 10.3. The molecule has 2 heteroatoms. The molecule has 1 atom stereocenters. The second-order valence-corrected chi connectivity index (χ2v) is 4.46. The Kier molecular flexibility index (Phi) is 3.34. The molecule has 1 aromatic carbocycles. The van der Waals surface area contributed by atoms with Crippen molar-refractivity contribution in [3.63, 3.8) is 0 Å². The molecule has 0 amide bonds. The van der Waals surface area contributed by atoms with E-state index in [1.807, 2.05) is 6.08 Å². The summed E-state index contributed by atoms with van der Waals surface area (Å²) in [6.07, 6.45) is 3.73. The Morgan fingerprint density at radius 1 is 1.59 bits per heavy atom. The summed E-state index contributed by atoms with van der Waals surface area (Å²) in [5.41, 5.74) is 5.16. The fourth-order valence-electron chi connectivity index (χ4n) is 2.47. The van der Waals surface area contributed by atoms with Crippen LogP contribution in [0.4, 0.5) is 0 Å². The summed E-state index contributed by atoms with van der Waals surface area (Å²) in [6.45, 7) is 10.5. The minimum atomic E-state index is -0.0340. The molecule has 2 rings (SSSR count). The number of benzene rings is 1. The summed E-state index contributed by atoms with van der Waals surface area (Å²) < 4.78 is 0. The zero-order valence-corrected chi connectivity index (χ0v) is 10.3. The lowest BCUT2D eigenvalue weighted by atomic mass is 9.87. The van der Waals surface area contributed by atoms with E-state index in [4.69, 9.17) is 0 Å². The van der Waals surface area contributed by atoms with Gasteiger partial charge in [0.2, 0.25) is 0 Å². The predicted molar refractivity (Wildman–Crippen MR) is 72.0 cm³/mol. The number of aliphatic hydroxyl groups excluding tert-OH is 1. The van der Waals surface area contributed by atoms with Gasteiger partial charge in [0.25, 0.3) is 0 Å². The van der Waals surface area contributed by atoms with E-state index in [-0.39, 0.29) is 11.8 Å². The molecule has 2 nitrogen and oxygen atoms in total. The number of aliphatic hydroxyl groups is 1. The molecule has 1 unspecified atom stereocenters. The number of fused-ring (bicyclic) bond motifs is 1. The Morgan fingerprint density at radius 2 is 2.35 bits per heavy atom. The minimum absolute atomic E-state index is 0.0340. The quantitative estimate of drug-likeness (QED) is 0.781. The molecular formula is C15H19NO. The third-order valence-corrected chi connectivity index (χ3v) is 3.48. The molecule has 1 aromatic rings. The fraction of sp³-hybridized carbons (Fsp3) is 0.333. The molecule has 0 spiro atoms. The number of hydrogen-bond donors (Lipinski definition) is 2. The lowest BCUT2D eigenvalue weighted by Gasteiger charge is -2.27. The monoisotopic (exact) mass is 229 g/mol. The van der Waals surface area contributed by atoms with Crippen molar-refractivity contribution in [2.75, 3.05) is 0 Å². The number of aryl methyl sites for hydroxylation is 1. The summed E-state index contributed by atoms with van der Waals surface area (Å²) in [6, 6.07) is 4.31. The van der Waals surface area contributed by atoms with Gasteiger partial charge in [-0.15, -0.1) is 0 Å². The van der Waals surface area contributed by atoms with Crippen molar-refractivity contribution in [1.29, 1.82) is 0 Å². The second-order valence-electron chi connectivity index (χ2n) is 4.46. The highest BCUT2D eigenvalue weighted by atomic mass is 16.3. The maximum Gasteiger partial charge on any atom is 0.102 e. The van der Waals surface area contributed by atoms with Crippen LogP contribution in [0, 0.1) is 0 Å². The van der Waals surface area contributed by atoms with E-state index in [0.717, 1.165) is 19.4 Å². The van der Waals surface area contributed by atoms with Crippen molar-refractivity contribution in [2.45, 2.75) is 32.4 Å². The Bertz CT molecular complexity index is 462. The first-order valence-corrected chi connectivity index (χ1v) is 6.04. The predicted octanol–water partition coefficient (Wildman–Crippen LogP) is 2.98. The zero-order chi connectivity index (χ0) is 12.4. The van der Waals surface area contributed by atoms with Crippen LogP contribution in [0.15, 0.2) is 31.0 Å². The Balaban J connectivity index is 2.46. The topological polar surface area (TPSA) is 32.3 Å². The first-order chi connectivity index (χ1) is 8.17. The van der Waals surface area contributed by atoms with Crippen molar-refractivity contribution in [3.05, 3.63) is 53.3 Å². The Labute approximate surface area is 103 Å². The van der Waals surface area contributed by atoms with Gasteiger partial charge in [-0.25, -0.2) is 0 Å². The average molecular weight is 229 g/mol. The van der Waals surface area contributed by atoms with Gasteiger partial charge in [-0.3, -0.25) is 0 Å². The van der Waals surface area contributed by atoms with Crippen LogP contribution in [0.2, 0.25) is 0 Å². The molecule has 0 aliphatic carbocycles. The first kappa shape index (κ1) is 11.9. The lowest BCUT2D eigenvalue weighted by Crippen LogP contribution is -2.37. The standard InChI is InChI=1S/C15H19NO/c1-4-11-6-7-12-9-16-15(10(3)17)8-14(12)13(11)5-2/h5-7,15-17H,2-4,8-9H2,1H3. The van der Waals surface area contributed by atoms with Crippen molar-refractivity contribution < 1.29 is 5.11 Å². The van der Waals surface area contributed by atoms with Crippen LogP contribution in [0.25, 0.3) is 6.08 Å². The molecule has 0 saturated heterocycles. The van der Waals surface area contributed by atoms with Gasteiger partial charge in [0, 0.05) is 6.54 Å². The van der Waals surface area contributed by atoms with E-state index in [9.17, 15) is 5.11 Å². The number of nitrogens with one attached hydrogen (secondary N) is 1. The molecule has 2 N–H and O–H groups in total. The third kappa shape index (κ3) is 2.13. The smallest absolute Gasteiger partial charge is 0.102 e. The molecule has 0 bridgehead atoms. The van der Waals surface area contributed by atoms with Gasteiger partial charge in [-0.2, -0.15) is 0 Å². The van der Waals surface area contributed by atoms with Crippen molar-refractivity contribution in [1.82, 2.24) is 5.32 Å². The van der Waals surface area contributed by atoms with E-state index >= 15 is 0 Å².